The van der Waals surface area contributed by atoms with Crippen LogP contribution in [0.25, 0.3) is 10.8 Å². The second kappa shape index (κ2) is 7.56. The Bertz CT molecular complexity index is 1420. The van der Waals surface area contributed by atoms with Crippen LogP contribution < -0.4 is 0 Å². The molecular weight excluding hydrogens is 503 g/mol. The predicted octanol–water partition coefficient (Wildman–Crippen LogP) is 3.55. The number of nitrogens with zero attached hydrogens (tertiary/aromatic N) is 2. The molecule has 6 rings (SSSR count). The van der Waals surface area contributed by atoms with Crippen LogP contribution in [0.1, 0.15) is 31.2 Å². The fourth-order valence-electron chi connectivity index (χ4n) is 7.02. The lowest BCUT2D eigenvalue weighted by Crippen LogP contribution is -2.60. The van der Waals surface area contributed by atoms with Crippen molar-refractivity contribution in [2.24, 2.45) is 17.8 Å². The molecule has 6 atom stereocenters. The van der Waals surface area contributed by atoms with Crippen LogP contribution >= 0.6 is 23.2 Å². The van der Waals surface area contributed by atoms with E-state index < -0.39 is 45.2 Å². The number of allylic oxidation sites excluding steroid dienone is 2. The van der Waals surface area contributed by atoms with E-state index in [0.717, 1.165) is 10.5 Å². The molecule has 2 aromatic carbocycles. The maximum atomic E-state index is 13.7. The molecule has 9 heteroatoms. The molecule has 36 heavy (non-hydrogen) atoms. The van der Waals surface area contributed by atoms with Crippen LogP contribution in [0, 0.1) is 17.8 Å². The Morgan fingerprint density at radius 1 is 0.972 bits per heavy atom. The van der Waals surface area contributed by atoms with Gasteiger partial charge in [-0.05, 0) is 42.7 Å². The number of carbonyl (C=O) groups is 4. The Morgan fingerprint density at radius 2 is 1.67 bits per heavy atom. The number of alkyl halides is 2. The summed E-state index contributed by atoms with van der Waals surface area (Å²) in [4.78, 5) is 52.2. The Morgan fingerprint density at radius 3 is 2.36 bits per heavy atom. The summed E-state index contributed by atoms with van der Waals surface area (Å²) < 4.78 is 0. The molecule has 4 aliphatic rings. The second-order valence-electron chi connectivity index (χ2n) is 10.1. The first-order valence-corrected chi connectivity index (χ1v) is 12.8. The molecule has 7 nitrogen and oxygen atoms in total. The molecule has 0 unspecified atom stereocenters. The van der Waals surface area contributed by atoms with Crippen LogP contribution in [-0.4, -0.2) is 61.9 Å². The van der Waals surface area contributed by atoms with E-state index in [-0.39, 0.29) is 30.5 Å². The highest BCUT2D eigenvalue weighted by Crippen LogP contribution is 2.65. The summed E-state index contributed by atoms with van der Waals surface area (Å²) in [7, 11) is 1.37. The van der Waals surface area contributed by atoms with Gasteiger partial charge in [0.25, 0.3) is 11.8 Å². The van der Waals surface area contributed by atoms with E-state index in [1.807, 2.05) is 18.2 Å². The molecule has 0 aromatic heterocycles. The number of phenols is 1. The third-order valence-corrected chi connectivity index (χ3v) is 10.1. The molecule has 0 bridgehead atoms. The second-order valence-corrected chi connectivity index (χ2v) is 11.4. The topological polar surface area (TPSA) is 95.0 Å². The van der Waals surface area contributed by atoms with E-state index in [2.05, 4.69) is 0 Å². The van der Waals surface area contributed by atoms with Gasteiger partial charge in [-0.3, -0.25) is 29.0 Å². The van der Waals surface area contributed by atoms with Gasteiger partial charge in [0, 0.05) is 24.9 Å². The van der Waals surface area contributed by atoms with Crippen molar-refractivity contribution in [1.82, 2.24) is 9.80 Å². The largest absolute Gasteiger partial charge is 0.507 e. The van der Waals surface area contributed by atoms with E-state index in [0.29, 0.717) is 22.8 Å². The number of rotatable bonds is 2. The number of amides is 4. The average Bonchev–Trinajstić information content (AvgIpc) is 3.19. The molecule has 2 heterocycles. The summed E-state index contributed by atoms with van der Waals surface area (Å²) in [6.07, 6.45) is 2.23. The van der Waals surface area contributed by atoms with Crippen molar-refractivity contribution < 1.29 is 24.3 Å². The number of halogens is 2. The fraction of sp³-hybridized carbons (Fsp3) is 0.407. The fourth-order valence-corrected chi connectivity index (χ4v) is 8.04. The number of likely N-dealkylation sites (tertiary alicyclic amines) is 2. The zero-order chi connectivity index (χ0) is 25.7. The van der Waals surface area contributed by atoms with Crippen molar-refractivity contribution in [3.05, 3.63) is 53.6 Å². The molecule has 2 aromatic rings. The Labute approximate surface area is 217 Å². The molecule has 4 amide bonds. The minimum absolute atomic E-state index is 0.0247. The van der Waals surface area contributed by atoms with Gasteiger partial charge in [-0.2, -0.15) is 0 Å². The van der Waals surface area contributed by atoms with Gasteiger partial charge in [0.2, 0.25) is 11.8 Å². The lowest BCUT2D eigenvalue weighted by Gasteiger charge is -2.51. The quantitative estimate of drug-likeness (QED) is 0.366. The van der Waals surface area contributed by atoms with E-state index in [9.17, 15) is 24.3 Å². The van der Waals surface area contributed by atoms with Crippen molar-refractivity contribution in [1.29, 1.82) is 0 Å². The van der Waals surface area contributed by atoms with Crippen molar-refractivity contribution >= 4 is 57.6 Å². The first-order chi connectivity index (χ1) is 17.1. The SMILES string of the molecule is CCN1C(=O)[C@H]2[C@H](CC=C3[C@H]2C[C@@]2(Cl)C(=O)N(C)C(=O)[C@@]2(Cl)[C@H]3c2ccc(O)c3ccccc23)C1=O. The van der Waals surface area contributed by atoms with Gasteiger partial charge in [-0.15, -0.1) is 23.2 Å². The number of phenolic OH excluding ortho intramolecular Hbond substituents is 1. The molecule has 2 aliphatic carbocycles. The highest BCUT2D eigenvalue weighted by molar-refractivity contribution is 6.53. The van der Waals surface area contributed by atoms with Crippen LogP contribution in [-0.2, 0) is 19.2 Å². The summed E-state index contributed by atoms with van der Waals surface area (Å²) in [6.45, 7) is 2.03. The number of hydrogen-bond donors (Lipinski definition) is 1. The lowest BCUT2D eigenvalue weighted by molar-refractivity contribution is -0.141. The summed E-state index contributed by atoms with van der Waals surface area (Å²) in [5.74, 6) is -4.22. The van der Waals surface area contributed by atoms with Gasteiger partial charge < -0.3 is 5.11 Å². The maximum absolute atomic E-state index is 13.7. The standard InChI is InChI=1S/C27H24Cl2N2O5/c1-3-31-22(33)17-9-8-16-18(20(17)23(31)34)12-26(28)24(35)30(2)25(36)27(26,29)21(16)15-10-11-19(32)14-7-5-4-6-13(14)15/h4-8,10-11,17-18,20-21,32H,3,9,12H2,1-2H3/t17-,18+,20-,21-,26+,27-/m0/s1. The Kier molecular flexibility index (Phi) is 4.93. The number of aromatic hydroxyl groups is 1. The van der Waals surface area contributed by atoms with Gasteiger partial charge in [0.05, 0.1) is 11.8 Å². The van der Waals surface area contributed by atoms with Gasteiger partial charge in [-0.1, -0.05) is 42.0 Å². The maximum Gasteiger partial charge on any atom is 0.253 e. The number of benzene rings is 2. The average molecular weight is 527 g/mol. The molecule has 0 spiro atoms. The van der Waals surface area contributed by atoms with E-state index >= 15 is 0 Å². The summed E-state index contributed by atoms with van der Waals surface area (Å²) >= 11 is 14.4. The predicted molar refractivity (Wildman–Crippen MR) is 133 cm³/mol. The lowest BCUT2D eigenvalue weighted by atomic mass is 9.56. The zero-order valence-electron chi connectivity index (χ0n) is 19.7. The number of hydrogen-bond acceptors (Lipinski definition) is 5. The minimum Gasteiger partial charge on any atom is -0.507 e. The van der Waals surface area contributed by atoms with Crippen molar-refractivity contribution in [3.8, 4) is 5.75 Å². The number of fused-ring (bicyclic) bond motifs is 5. The first kappa shape index (κ1) is 23.5. The van der Waals surface area contributed by atoms with Crippen molar-refractivity contribution in [2.75, 3.05) is 13.6 Å². The zero-order valence-corrected chi connectivity index (χ0v) is 21.2. The van der Waals surface area contributed by atoms with E-state index in [1.54, 1.807) is 25.1 Å². The minimum atomic E-state index is -1.84. The molecule has 3 fully saturated rings. The molecule has 2 saturated heterocycles. The van der Waals surface area contributed by atoms with Crippen LogP contribution in [0.2, 0.25) is 0 Å². The summed E-state index contributed by atoms with van der Waals surface area (Å²) in [6, 6.07) is 10.4. The van der Waals surface area contributed by atoms with E-state index in [4.69, 9.17) is 23.2 Å². The summed E-state index contributed by atoms with van der Waals surface area (Å²) in [5.41, 5.74) is 1.38. The van der Waals surface area contributed by atoms with Crippen LogP contribution in [0.5, 0.6) is 5.75 Å². The molecule has 186 valence electrons. The van der Waals surface area contributed by atoms with E-state index in [1.165, 1.54) is 18.0 Å². The molecule has 2 aliphatic heterocycles. The van der Waals surface area contributed by atoms with Crippen molar-refractivity contribution in [3.63, 3.8) is 0 Å². The van der Waals surface area contributed by atoms with Gasteiger partial charge >= 0.3 is 0 Å². The number of imide groups is 2. The summed E-state index contributed by atoms with van der Waals surface area (Å²) in [5, 5.41) is 11.8. The highest BCUT2D eigenvalue weighted by atomic mass is 35.5. The molecule has 0 radical (unpaired) electrons. The number of carbonyl (C=O) groups excluding carboxylic acids is 4. The van der Waals surface area contributed by atoms with Gasteiger partial charge in [0.1, 0.15) is 5.75 Å². The molecule has 1 N–H and O–H groups in total. The highest BCUT2D eigenvalue weighted by Gasteiger charge is 2.75. The third-order valence-electron chi connectivity index (χ3n) is 8.67. The molecular formula is C27H24Cl2N2O5. The van der Waals surface area contributed by atoms with Gasteiger partial charge in [0.15, 0.2) is 9.75 Å². The monoisotopic (exact) mass is 526 g/mol. The Hall–Kier alpha value is -2.90. The smallest absolute Gasteiger partial charge is 0.253 e. The Balaban J connectivity index is 1.64. The normalized spacial score (nSPS) is 35.7. The van der Waals surface area contributed by atoms with Crippen LogP contribution in [0.3, 0.4) is 0 Å². The van der Waals surface area contributed by atoms with Crippen LogP contribution in [0.4, 0.5) is 0 Å². The third kappa shape index (κ3) is 2.60. The van der Waals surface area contributed by atoms with Crippen LogP contribution in [0.15, 0.2) is 48.0 Å². The first-order valence-electron chi connectivity index (χ1n) is 12.0. The van der Waals surface area contributed by atoms with Crippen molar-refractivity contribution in [2.45, 2.75) is 35.4 Å². The van der Waals surface area contributed by atoms with Gasteiger partial charge in [-0.25, -0.2) is 0 Å². The molecule has 1 saturated carbocycles.